The fourth-order valence-corrected chi connectivity index (χ4v) is 1.15. The van der Waals surface area contributed by atoms with Gasteiger partial charge in [0.15, 0.2) is 0 Å². The topological polar surface area (TPSA) is 56.7 Å². The molecule has 4 heteroatoms. The summed E-state index contributed by atoms with van der Waals surface area (Å²) in [5.41, 5.74) is 8.17. The van der Waals surface area contributed by atoms with Crippen molar-refractivity contribution in [2.24, 2.45) is 0 Å². The molecular weight excluding hydrogens is 164 g/mol. The molecule has 0 amide bonds. The fraction of sp³-hybridized carbons (Fsp3) is 0.111. The average Bonchev–Trinajstić information content (AvgIpc) is 2.52. The van der Waals surface area contributed by atoms with E-state index in [1.54, 1.807) is 18.7 Å². The van der Waals surface area contributed by atoms with Gasteiger partial charge in [0.05, 0.1) is 29.6 Å². The summed E-state index contributed by atoms with van der Waals surface area (Å²) in [7, 11) is 0. The van der Waals surface area contributed by atoms with Gasteiger partial charge < -0.3 is 10.3 Å². The van der Waals surface area contributed by atoms with E-state index in [0.29, 0.717) is 5.69 Å². The predicted octanol–water partition coefficient (Wildman–Crippen LogP) is 1.16. The number of nitrogen functional groups attached to an aromatic ring is 1. The van der Waals surface area contributed by atoms with Crippen LogP contribution in [0.3, 0.4) is 0 Å². The number of aromatic nitrogens is 3. The lowest BCUT2D eigenvalue weighted by atomic mass is 10.4. The number of imidazole rings is 1. The lowest BCUT2D eigenvalue weighted by molar-refractivity contribution is 1.04. The molecule has 0 radical (unpaired) electrons. The van der Waals surface area contributed by atoms with Crippen LogP contribution in [0.5, 0.6) is 0 Å². The standard InChI is InChI=1S/C9H10N4/c1-7-5-13(6-12-7)9-2-8(10)3-11-4-9/h2-6H,10H2,1H3. The molecule has 2 heterocycles. The zero-order valence-electron chi connectivity index (χ0n) is 7.31. The Balaban J connectivity index is 2.46. The molecule has 2 aromatic heterocycles. The first-order valence-electron chi connectivity index (χ1n) is 3.97. The van der Waals surface area contributed by atoms with Gasteiger partial charge in [-0.25, -0.2) is 4.98 Å². The molecule has 0 fully saturated rings. The first-order valence-corrected chi connectivity index (χ1v) is 3.97. The second-order valence-corrected chi connectivity index (χ2v) is 2.90. The predicted molar refractivity (Wildman–Crippen MR) is 50.5 cm³/mol. The van der Waals surface area contributed by atoms with E-state index in [4.69, 9.17) is 5.73 Å². The first kappa shape index (κ1) is 7.79. The maximum atomic E-state index is 5.61. The summed E-state index contributed by atoms with van der Waals surface area (Å²) in [6, 6.07) is 1.86. The molecule has 0 aromatic carbocycles. The van der Waals surface area contributed by atoms with Crippen LogP contribution in [0.25, 0.3) is 5.69 Å². The molecule has 0 bridgehead atoms. The molecule has 0 atom stereocenters. The summed E-state index contributed by atoms with van der Waals surface area (Å²) in [5, 5.41) is 0. The molecule has 0 aliphatic carbocycles. The molecule has 0 aliphatic heterocycles. The van der Waals surface area contributed by atoms with Gasteiger partial charge in [0.2, 0.25) is 0 Å². The van der Waals surface area contributed by atoms with Crippen LogP contribution in [-0.2, 0) is 0 Å². The van der Waals surface area contributed by atoms with Gasteiger partial charge in [0.25, 0.3) is 0 Å². The molecule has 0 saturated heterocycles. The molecule has 0 spiro atoms. The molecule has 2 N–H and O–H groups in total. The highest BCUT2D eigenvalue weighted by atomic mass is 15.0. The number of nitrogens with two attached hydrogens (primary N) is 1. The van der Waals surface area contributed by atoms with Crippen molar-refractivity contribution in [1.82, 2.24) is 14.5 Å². The fourth-order valence-electron chi connectivity index (χ4n) is 1.15. The van der Waals surface area contributed by atoms with Gasteiger partial charge in [-0.1, -0.05) is 0 Å². The normalized spacial score (nSPS) is 10.2. The summed E-state index contributed by atoms with van der Waals surface area (Å²) in [6.45, 7) is 1.94. The average molecular weight is 174 g/mol. The molecule has 2 aromatic rings. The van der Waals surface area contributed by atoms with E-state index in [1.165, 1.54) is 0 Å². The summed E-state index contributed by atoms with van der Waals surface area (Å²) >= 11 is 0. The van der Waals surface area contributed by atoms with Gasteiger partial charge in [-0.05, 0) is 13.0 Å². The van der Waals surface area contributed by atoms with Gasteiger partial charge in [-0.2, -0.15) is 0 Å². The number of hydrogen-bond donors (Lipinski definition) is 1. The Morgan fingerprint density at radius 1 is 1.38 bits per heavy atom. The number of aryl methyl sites for hydroxylation is 1. The maximum Gasteiger partial charge on any atom is 0.0995 e. The Bertz CT molecular complexity index is 419. The van der Waals surface area contributed by atoms with E-state index in [9.17, 15) is 0 Å². The molecule has 0 saturated carbocycles. The third-order valence-corrected chi connectivity index (χ3v) is 1.75. The quantitative estimate of drug-likeness (QED) is 0.705. The van der Waals surface area contributed by atoms with Crippen LogP contribution in [0, 0.1) is 6.92 Å². The zero-order valence-corrected chi connectivity index (χ0v) is 7.31. The van der Waals surface area contributed by atoms with Crippen molar-refractivity contribution >= 4 is 5.69 Å². The van der Waals surface area contributed by atoms with E-state index in [2.05, 4.69) is 9.97 Å². The highest BCUT2D eigenvalue weighted by Gasteiger charge is 1.97. The highest BCUT2D eigenvalue weighted by molar-refractivity contribution is 5.44. The summed E-state index contributed by atoms with van der Waals surface area (Å²) in [5.74, 6) is 0. The van der Waals surface area contributed by atoms with Gasteiger partial charge >= 0.3 is 0 Å². The highest BCUT2D eigenvalue weighted by Crippen LogP contribution is 2.09. The number of pyridine rings is 1. The van der Waals surface area contributed by atoms with Crippen molar-refractivity contribution in [3.8, 4) is 5.69 Å². The summed E-state index contributed by atoms with van der Waals surface area (Å²) in [4.78, 5) is 8.11. The van der Waals surface area contributed by atoms with Crippen molar-refractivity contribution in [2.45, 2.75) is 6.92 Å². The summed E-state index contributed by atoms with van der Waals surface area (Å²) in [6.07, 6.45) is 7.03. The van der Waals surface area contributed by atoms with Crippen LogP contribution in [0.1, 0.15) is 5.69 Å². The molecular formula is C9H10N4. The minimum absolute atomic E-state index is 0.656. The number of rotatable bonds is 1. The van der Waals surface area contributed by atoms with E-state index in [-0.39, 0.29) is 0 Å². The maximum absolute atomic E-state index is 5.61. The smallest absolute Gasteiger partial charge is 0.0995 e. The van der Waals surface area contributed by atoms with Crippen LogP contribution in [0.2, 0.25) is 0 Å². The molecule has 13 heavy (non-hydrogen) atoms. The molecule has 4 nitrogen and oxygen atoms in total. The number of anilines is 1. The van der Waals surface area contributed by atoms with Gasteiger partial charge in [-0.3, -0.25) is 4.98 Å². The van der Waals surface area contributed by atoms with Crippen molar-refractivity contribution < 1.29 is 0 Å². The Morgan fingerprint density at radius 2 is 2.23 bits per heavy atom. The van der Waals surface area contributed by atoms with Gasteiger partial charge in [0, 0.05) is 12.4 Å². The van der Waals surface area contributed by atoms with Crippen LogP contribution in [0.15, 0.2) is 31.0 Å². The number of nitrogens with zero attached hydrogens (tertiary/aromatic N) is 3. The minimum atomic E-state index is 0.656. The second-order valence-electron chi connectivity index (χ2n) is 2.90. The zero-order chi connectivity index (χ0) is 9.26. The lowest BCUT2D eigenvalue weighted by Crippen LogP contribution is -1.93. The SMILES string of the molecule is Cc1cn(-c2cncc(N)c2)cn1. The van der Waals surface area contributed by atoms with Gasteiger partial charge in [0.1, 0.15) is 0 Å². The Hall–Kier alpha value is -1.84. The molecule has 66 valence electrons. The molecule has 2 rings (SSSR count). The van der Waals surface area contributed by atoms with E-state index < -0.39 is 0 Å². The summed E-state index contributed by atoms with van der Waals surface area (Å²) < 4.78 is 1.89. The lowest BCUT2D eigenvalue weighted by Gasteiger charge is -2.00. The van der Waals surface area contributed by atoms with Crippen LogP contribution >= 0.6 is 0 Å². The first-order chi connectivity index (χ1) is 6.25. The van der Waals surface area contributed by atoms with Crippen LogP contribution in [0.4, 0.5) is 5.69 Å². The molecule has 0 unspecified atom stereocenters. The Morgan fingerprint density at radius 3 is 2.85 bits per heavy atom. The number of hydrogen-bond acceptors (Lipinski definition) is 3. The second kappa shape index (κ2) is 2.90. The van der Waals surface area contributed by atoms with Crippen molar-refractivity contribution in [3.05, 3.63) is 36.7 Å². The molecule has 0 aliphatic rings. The third kappa shape index (κ3) is 1.51. The van der Waals surface area contributed by atoms with Crippen molar-refractivity contribution in [3.63, 3.8) is 0 Å². The van der Waals surface area contributed by atoms with Crippen LogP contribution < -0.4 is 5.73 Å². The van der Waals surface area contributed by atoms with E-state index in [0.717, 1.165) is 11.4 Å². The van der Waals surface area contributed by atoms with Crippen molar-refractivity contribution in [2.75, 3.05) is 5.73 Å². The van der Waals surface area contributed by atoms with Crippen molar-refractivity contribution in [1.29, 1.82) is 0 Å². The minimum Gasteiger partial charge on any atom is -0.397 e. The Labute approximate surface area is 76.1 Å². The van der Waals surface area contributed by atoms with E-state index >= 15 is 0 Å². The monoisotopic (exact) mass is 174 g/mol. The van der Waals surface area contributed by atoms with Gasteiger partial charge in [-0.15, -0.1) is 0 Å². The van der Waals surface area contributed by atoms with E-state index in [1.807, 2.05) is 23.8 Å². The largest absolute Gasteiger partial charge is 0.397 e. The van der Waals surface area contributed by atoms with Crippen LogP contribution in [-0.4, -0.2) is 14.5 Å². The Kier molecular flexibility index (Phi) is 1.73. The third-order valence-electron chi connectivity index (χ3n) is 1.75.